The first-order chi connectivity index (χ1) is 22.7. The van der Waals surface area contributed by atoms with Crippen molar-refractivity contribution < 1.29 is 39.5 Å². The summed E-state index contributed by atoms with van der Waals surface area (Å²) in [4.78, 5) is 39.2. The van der Waals surface area contributed by atoms with Gasteiger partial charge in [-0.25, -0.2) is 0 Å². The fourth-order valence-electron chi connectivity index (χ4n) is 7.29. The maximum absolute atomic E-state index is 13.6. The SMILES string of the molecule is COCC1=C([C@H](O)CC/C(=C/c2ccc(O)c3ccccc23)c2ccccc2)[C@H](CO)[C@@H]2C(=O)N(CCCCCC(=O)O)C(=O)[C@@H]2C1. The Kier molecular flexibility index (Phi) is 11.2. The number of carbonyl (C=O) groups excluding carboxylic acids is 2. The molecule has 2 aliphatic rings. The van der Waals surface area contributed by atoms with Crippen LogP contribution in [-0.2, 0) is 19.1 Å². The molecular weight excluding hydrogens is 598 g/mol. The number of benzene rings is 3. The number of aliphatic hydroxyl groups excluding tert-OH is 2. The van der Waals surface area contributed by atoms with Crippen molar-refractivity contribution in [3.63, 3.8) is 0 Å². The number of unbranched alkanes of at least 4 members (excludes halogenated alkanes) is 2. The lowest BCUT2D eigenvalue weighted by atomic mass is 9.68. The first-order valence-electron chi connectivity index (χ1n) is 16.3. The van der Waals surface area contributed by atoms with E-state index in [9.17, 15) is 29.7 Å². The molecule has 1 heterocycles. The molecule has 1 fully saturated rings. The van der Waals surface area contributed by atoms with E-state index >= 15 is 0 Å². The summed E-state index contributed by atoms with van der Waals surface area (Å²) in [6.45, 7) is -0.0200. The van der Waals surface area contributed by atoms with Crippen LogP contribution in [0.2, 0.25) is 0 Å². The number of imide groups is 1. The van der Waals surface area contributed by atoms with Crippen LogP contribution in [0.3, 0.4) is 0 Å². The molecule has 0 unspecified atom stereocenters. The topological polar surface area (TPSA) is 145 Å². The Labute approximate surface area is 274 Å². The lowest BCUT2D eigenvalue weighted by molar-refractivity contribution is -0.141. The Morgan fingerprint density at radius 2 is 1.68 bits per heavy atom. The van der Waals surface area contributed by atoms with Crippen molar-refractivity contribution >= 4 is 40.2 Å². The highest BCUT2D eigenvalue weighted by atomic mass is 16.5. The molecule has 9 heteroatoms. The maximum atomic E-state index is 13.6. The number of amides is 2. The molecule has 1 saturated heterocycles. The minimum atomic E-state index is -0.991. The fraction of sp³-hybridized carbons (Fsp3) is 0.395. The lowest BCUT2D eigenvalue weighted by Crippen LogP contribution is -2.39. The Bertz CT molecular complexity index is 1660. The normalized spacial score (nSPS) is 20.6. The number of carboxylic acids is 1. The van der Waals surface area contributed by atoms with Crippen LogP contribution in [0.5, 0.6) is 5.75 Å². The summed E-state index contributed by atoms with van der Waals surface area (Å²) in [6, 6.07) is 21.1. The number of methoxy groups -OCH3 is 1. The molecule has 9 nitrogen and oxygen atoms in total. The molecule has 0 saturated carbocycles. The van der Waals surface area contributed by atoms with Gasteiger partial charge in [0.15, 0.2) is 0 Å². The fourth-order valence-corrected chi connectivity index (χ4v) is 7.29. The standard InChI is InChI=1S/C38H43NO8/c1-47-23-27-21-30-36(38(46)39(37(30)45)19-9-3-6-14-34(43)44)31(22-40)35(27)33(42)18-15-25(24-10-4-2-5-11-24)20-26-16-17-32(41)29-13-8-7-12-28(26)29/h2,4-5,7-8,10-13,16-17,20,30-31,33,36,40-42H,3,6,9,14-15,18-19,21-23H2,1H3,(H,43,44)/b25-20-/t30-,31+,33-,36-/m1/s1. The number of aliphatic carboxylic acids is 1. The van der Waals surface area contributed by atoms with E-state index in [1.807, 2.05) is 60.7 Å². The third-order valence-electron chi connectivity index (χ3n) is 9.52. The van der Waals surface area contributed by atoms with E-state index in [1.54, 1.807) is 13.2 Å². The van der Waals surface area contributed by atoms with Crippen molar-refractivity contribution in [3.8, 4) is 5.75 Å². The lowest BCUT2D eigenvalue weighted by Gasteiger charge is -2.36. The molecule has 248 valence electrons. The molecule has 0 bridgehead atoms. The third-order valence-corrected chi connectivity index (χ3v) is 9.52. The zero-order chi connectivity index (χ0) is 33.5. The molecule has 0 aromatic heterocycles. The number of hydrogen-bond acceptors (Lipinski definition) is 7. The summed E-state index contributed by atoms with van der Waals surface area (Å²) >= 11 is 0. The van der Waals surface area contributed by atoms with Gasteiger partial charge in [-0.05, 0) is 71.4 Å². The molecule has 4 N–H and O–H groups in total. The summed E-state index contributed by atoms with van der Waals surface area (Å²) in [5, 5.41) is 43.4. The minimum absolute atomic E-state index is 0.0397. The molecule has 1 aliphatic carbocycles. The Morgan fingerprint density at radius 3 is 2.38 bits per heavy atom. The molecule has 5 rings (SSSR count). The molecule has 3 aromatic carbocycles. The predicted octanol–water partition coefficient (Wildman–Crippen LogP) is 5.43. The number of likely N-dealkylation sites (tertiary alicyclic amines) is 1. The number of allylic oxidation sites excluding steroid dienone is 1. The quantitative estimate of drug-likeness (QED) is 0.0745. The van der Waals surface area contributed by atoms with Gasteiger partial charge in [-0.3, -0.25) is 19.3 Å². The van der Waals surface area contributed by atoms with Crippen molar-refractivity contribution in [2.75, 3.05) is 26.9 Å². The average molecular weight is 642 g/mol. The zero-order valence-electron chi connectivity index (χ0n) is 26.7. The first kappa shape index (κ1) is 34.0. The van der Waals surface area contributed by atoms with Gasteiger partial charge in [0.1, 0.15) is 5.75 Å². The largest absolute Gasteiger partial charge is 0.507 e. The number of aliphatic hydroxyl groups is 2. The number of fused-ring (bicyclic) bond motifs is 2. The monoisotopic (exact) mass is 641 g/mol. The summed E-state index contributed by atoms with van der Waals surface area (Å²) in [5.74, 6) is -3.44. The number of carbonyl (C=O) groups is 3. The van der Waals surface area contributed by atoms with Crippen molar-refractivity contribution in [1.29, 1.82) is 0 Å². The van der Waals surface area contributed by atoms with Gasteiger partial charge in [-0.1, -0.05) is 73.2 Å². The van der Waals surface area contributed by atoms with Crippen LogP contribution < -0.4 is 0 Å². The van der Waals surface area contributed by atoms with E-state index in [-0.39, 0.29) is 43.6 Å². The van der Waals surface area contributed by atoms with Gasteiger partial charge in [-0.2, -0.15) is 0 Å². The van der Waals surface area contributed by atoms with Crippen molar-refractivity contribution in [3.05, 3.63) is 89.0 Å². The second-order valence-corrected chi connectivity index (χ2v) is 12.5. The van der Waals surface area contributed by atoms with Gasteiger partial charge in [0, 0.05) is 31.4 Å². The van der Waals surface area contributed by atoms with Crippen LogP contribution in [0.1, 0.15) is 56.1 Å². The molecule has 4 atom stereocenters. The second-order valence-electron chi connectivity index (χ2n) is 12.5. The second kappa shape index (κ2) is 15.5. The van der Waals surface area contributed by atoms with Crippen LogP contribution >= 0.6 is 0 Å². The number of phenolic OH excluding ortho intramolecular Hbond substituents is 1. The van der Waals surface area contributed by atoms with Gasteiger partial charge in [0.25, 0.3) is 0 Å². The molecular formula is C38H43NO8. The summed E-state index contributed by atoms with van der Waals surface area (Å²) in [5.41, 5.74) is 4.20. The Morgan fingerprint density at radius 1 is 0.957 bits per heavy atom. The van der Waals surface area contributed by atoms with E-state index in [0.717, 1.165) is 33.0 Å². The van der Waals surface area contributed by atoms with Gasteiger partial charge in [-0.15, -0.1) is 0 Å². The molecule has 0 spiro atoms. The van der Waals surface area contributed by atoms with E-state index in [2.05, 4.69) is 6.08 Å². The van der Waals surface area contributed by atoms with E-state index in [4.69, 9.17) is 9.84 Å². The highest BCUT2D eigenvalue weighted by Gasteiger charge is 2.54. The molecule has 2 amide bonds. The Hall–Kier alpha value is -4.31. The highest BCUT2D eigenvalue weighted by Crippen LogP contribution is 2.46. The summed E-state index contributed by atoms with van der Waals surface area (Å²) in [7, 11) is 1.54. The number of rotatable bonds is 15. The maximum Gasteiger partial charge on any atom is 0.303 e. The van der Waals surface area contributed by atoms with E-state index in [1.165, 1.54) is 4.90 Å². The van der Waals surface area contributed by atoms with Crippen molar-refractivity contribution in [2.45, 2.75) is 51.0 Å². The van der Waals surface area contributed by atoms with Crippen LogP contribution in [0.25, 0.3) is 22.4 Å². The number of carboxylic acid groups (broad SMARTS) is 1. The van der Waals surface area contributed by atoms with Crippen LogP contribution in [-0.4, -0.2) is 76.1 Å². The van der Waals surface area contributed by atoms with Gasteiger partial charge < -0.3 is 25.2 Å². The number of hydrogen-bond donors (Lipinski definition) is 4. The van der Waals surface area contributed by atoms with Crippen LogP contribution in [0.4, 0.5) is 0 Å². The van der Waals surface area contributed by atoms with Crippen molar-refractivity contribution in [2.24, 2.45) is 17.8 Å². The van der Waals surface area contributed by atoms with Gasteiger partial charge in [0.05, 0.1) is 31.2 Å². The number of aromatic hydroxyl groups is 1. The molecule has 1 aliphatic heterocycles. The Balaban J connectivity index is 1.40. The van der Waals surface area contributed by atoms with E-state index < -0.39 is 36.4 Å². The molecule has 0 radical (unpaired) electrons. The summed E-state index contributed by atoms with van der Waals surface area (Å²) < 4.78 is 5.49. The van der Waals surface area contributed by atoms with Gasteiger partial charge in [0.2, 0.25) is 11.8 Å². The smallest absolute Gasteiger partial charge is 0.303 e. The van der Waals surface area contributed by atoms with Gasteiger partial charge >= 0.3 is 5.97 Å². The third kappa shape index (κ3) is 7.48. The van der Waals surface area contributed by atoms with E-state index in [0.29, 0.717) is 37.7 Å². The number of phenols is 1. The number of ether oxygens (including phenoxy) is 1. The highest BCUT2D eigenvalue weighted by molar-refractivity contribution is 6.06. The minimum Gasteiger partial charge on any atom is -0.507 e. The van der Waals surface area contributed by atoms with Crippen LogP contribution in [0, 0.1) is 17.8 Å². The van der Waals surface area contributed by atoms with Crippen LogP contribution in [0.15, 0.2) is 77.9 Å². The predicted molar refractivity (Wildman–Crippen MR) is 179 cm³/mol. The van der Waals surface area contributed by atoms with Crippen molar-refractivity contribution in [1.82, 2.24) is 4.90 Å². The first-order valence-corrected chi connectivity index (χ1v) is 16.3. The molecule has 3 aromatic rings. The summed E-state index contributed by atoms with van der Waals surface area (Å²) in [6.07, 6.45) is 3.73. The zero-order valence-corrected chi connectivity index (χ0v) is 26.7. The molecule has 47 heavy (non-hydrogen) atoms. The number of nitrogens with zero attached hydrogens (tertiary/aromatic N) is 1. The average Bonchev–Trinajstić information content (AvgIpc) is 3.31.